The Balaban J connectivity index is 2.31. The Morgan fingerprint density at radius 3 is 1.21 bits per heavy atom. The third kappa shape index (κ3) is 10.6. The van der Waals surface area contributed by atoms with Crippen LogP contribution in [0.2, 0.25) is 5.04 Å². The Morgan fingerprint density at radius 1 is 0.509 bits per heavy atom. The van der Waals surface area contributed by atoms with Crippen molar-refractivity contribution in [1.82, 2.24) is 0 Å². The second-order valence-electron chi connectivity index (χ2n) is 19.0. The SMILES string of the molecule is CC(C)(C)C(=O)O[C@@H]1O[C@H](CO[Si](c2ccccc2)(c2ccccc2)C(C)(C)C)[C@@H](OC(=O)C(C)(C)C)[C@H](OC(=O)C(C)(C)C)[C@H]1OC(=O)C(C)(C)C. The van der Waals surface area contributed by atoms with Crippen molar-refractivity contribution in [3.63, 3.8) is 0 Å². The van der Waals surface area contributed by atoms with E-state index in [1.54, 1.807) is 83.1 Å². The molecule has 0 aromatic heterocycles. The van der Waals surface area contributed by atoms with Crippen molar-refractivity contribution in [1.29, 1.82) is 0 Å². The van der Waals surface area contributed by atoms with Crippen LogP contribution in [0.15, 0.2) is 60.7 Å². The van der Waals surface area contributed by atoms with Crippen LogP contribution in [0.1, 0.15) is 104 Å². The number of esters is 4. The summed E-state index contributed by atoms with van der Waals surface area (Å²) in [7, 11) is -3.20. The normalized spacial score (nSPS) is 21.7. The van der Waals surface area contributed by atoms with Gasteiger partial charge >= 0.3 is 23.9 Å². The Labute approximate surface area is 317 Å². The molecule has 0 spiro atoms. The fraction of sp³-hybridized carbons (Fsp3) is 0.619. The van der Waals surface area contributed by atoms with E-state index in [-0.39, 0.29) is 6.61 Å². The first kappa shape index (κ1) is 43.9. The third-order valence-electron chi connectivity index (χ3n) is 8.87. The lowest BCUT2D eigenvalue weighted by Gasteiger charge is -2.48. The molecule has 53 heavy (non-hydrogen) atoms. The van der Waals surface area contributed by atoms with Gasteiger partial charge in [0.2, 0.25) is 12.4 Å². The molecule has 1 fully saturated rings. The minimum absolute atomic E-state index is 0.164. The van der Waals surface area contributed by atoms with Crippen molar-refractivity contribution in [2.45, 2.75) is 140 Å². The van der Waals surface area contributed by atoms with Gasteiger partial charge in [0.15, 0.2) is 12.2 Å². The molecule has 11 heteroatoms. The largest absolute Gasteiger partial charge is 0.455 e. The molecular weight excluding hydrogens is 693 g/mol. The zero-order valence-corrected chi connectivity index (χ0v) is 35.4. The fourth-order valence-electron chi connectivity index (χ4n) is 5.66. The molecule has 0 bridgehead atoms. The zero-order valence-electron chi connectivity index (χ0n) is 34.4. The highest BCUT2D eigenvalue weighted by Gasteiger charge is 2.58. The van der Waals surface area contributed by atoms with E-state index in [9.17, 15) is 19.2 Å². The summed E-state index contributed by atoms with van der Waals surface area (Å²) < 4.78 is 38.3. The standard InChI is InChI=1S/C42H62O10Si/c1-38(2,3)34(43)49-30-29(26-47-53(42(13,14)15,27-22-18-16-19-23-27)28-24-20-17-21-25-28)48-33(52-37(46)41(10,11)12)32(51-36(45)40(7,8)9)31(30)50-35(44)39(4,5)6/h16-25,29-33H,26H2,1-15H3/t29-,30-,31+,32-,33+/m1/s1. The first-order chi connectivity index (χ1) is 24.1. The van der Waals surface area contributed by atoms with Crippen LogP contribution >= 0.6 is 0 Å². The Morgan fingerprint density at radius 2 is 0.849 bits per heavy atom. The number of ether oxygens (including phenoxy) is 5. The van der Waals surface area contributed by atoms with Crippen LogP contribution in [-0.2, 0) is 47.3 Å². The highest BCUT2D eigenvalue weighted by Crippen LogP contribution is 2.39. The molecule has 0 amide bonds. The second kappa shape index (κ2) is 16.1. The van der Waals surface area contributed by atoms with Gasteiger partial charge in [-0.05, 0) is 98.5 Å². The van der Waals surface area contributed by atoms with Crippen LogP contribution in [0.3, 0.4) is 0 Å². The lowest BCUT2D eigenvalue weighted by atomic mass is 9.93. The maximum absolute atomic E-state index is 13.7. The predicted octanol–water partition coefficient (Wildman–Crippen LogP) is 6.75. The summed E-state index contributed by atoms with van der Waals surface area (Å²) in [5.41, 5.74) is -3.96. The molecule has 3 rings (SSSR count). The number of hydrogen-bond donors (Lipinski definition) is 0. The summed E-state index contributed by atoms with van der Waals surface area (Å²) in [5.74, 6) is -2.56. The van der Waals surface area contributed by atoms with Crippen molar-refractivity contribution in [2.24, 2.45) is 21.7 Å². The molecule has 2 aromatic carbocycles. The van der Waals surface area contributed by atoms with Crippen molar-refractivity contribution >= 4 is 42.6 Å². The molecule has 5 atom stereocenters. The van der Waals surface area contributed by atoms with E-state index in [1.165, 1.54) is 0 Å². The lowest BCUT2D eigenvalue weighted by Crippen LogP contribution is -2.69. The van der Waals surface area contributed by atoms with E-state index in [0.29, 0.717) is 0 Å². The quantitative estimate of drug-likeness (QED) is 0.154. The Bertz CT molecular complexity index is 1530. The van der Waals surface area contributed by atoms with Gasteiger partial charge < -0.3 is 28.1 Å². The van der Waals surface area contributed by atoms with Crippen molar-refractivity contribution in [2.75, 3.05) is 6.61 Å². The minimum atomic E-state index is -3.20. The Hall–Kier alpha value is -3.54. The average Bonchev–Trinajstić information content (AvgIpc) is 3.02. The van der Waals surface area contributed by atoms with Crippen LogP contribution in [0.25, 0.3) is 0 Å². The maximum atomic E-state index is 13.7. The average molecular weight is 755 g/mol. The van der Waals surface area contributed by atoms with Gasteiger partial charge in [-0.3, -0.25) is 19.2 Å². The predicted molar refractivity (Wildman–Crippen MR) is 206 cm³/mol. The van der Waals surface area contributed by atoms with Gasteiger partial charge in [0.05, 0.1) is 28.3 Å². The first-order valence-electron chi connectivity index (χ1n) is 18.4. The van der Waals surface area contributed by atoms with E-state index in [0.717, 1.165) is 10.4 Å². The van der Waals surface area contributed by atoms with E-state index in [2.05, 4.69) is 20.8 Å². The number of hydrogen-bond acceptors (Lipinski definition) is 10. The molecule has 0 radical (unpaired) electrons. The number of carbonyl (C=O) groups excluding carboxylic acids is 4. The van der Waals surface area contributed by atoms with E-state index >= 15 is 0 Å². The van der Waals surface area contributed by atoms with Crippen LogP contribution in [0.5, 0.6) is 0 Å². The summed E-state index contributed by atoms with van der Waals surface area (Å²) in [4.78, 5) is 54.5. The monoisotopic (exact) mass is 754 g/mol. The van der Waals surface area contributed by atoms with Crippen molar-refractivity contribution in [3.8, 4) is 0 Å². The smallest absolute Gasteiger partial charge is 0.313 e. The summed E-state index contributed by atoms with van der Waals surface area (Å²) in [6.45, 7) is 26.4. The summed E-state index contributed by atoms with van der Waals surface area (Å²) in [5, 5.41) is 1.57. The van der Waals surface area contributed by atoms with Gasteiger partial charge in [-0.1, -0.05) is 81.4 Å². The van der Waals surface area contributed by atoms with Gasteiger partial charge in [-0.15, -0.1) is 0 Å². The maximum Gasteiger partial charge on any atom is 0.313 e. The van der Waals surface area contributed by atoms with Crippen LogP contribution in [0, 0.1) is 21.7 Å². The number of benzene rings is 2. The van der Waals surface area contributed by atoms with Crippen molar-refractivity contribution in [3.05, 3.63) is 60.7 Å². The number of rotatable bonds is 9. The lowest BCUT2D eigenvalue weighted by molar-refractivity contribution is -0.305. The molecule has 0 unspecified atom stereocenters. The molecular formula is C42H62O10Si. The van der Waals surface area contributed by atoms with Crippen LogP contribution in [0.4, 0.5) is 0 Å². The molecule has 294 valence electrons. The van der Waals surface area contributed by atoms with Crippen molar-refractivity contribution < 1.29 is 47.3 Å². The molecule has 1 aliphatic heterocycles. The van der Waals surface area contributed by atoms with Gasteiger partial charge in [0.1, 0.15) is 6.10 Å². The van der Waals surface area contributed by atoms with E-state index in [4.69, 9.17) is 28.1 Å². The van der Waals surface area contributed by atoms with E-state index < -0.39 is 89.6 Å². The van der Waals surface area contributed by atoms with Gasteiger partial charge in [-0.25, -0.2) is 0 Å². The molecule has 10 nitrogen and oxygen atoms in total. The molecule has 2 aromatic rings. The van der Waals surface area contributed by atoms with Gasteiger partial charge in [0.25, 0.3) is 8.32 Å². The fourth-order valence-corrected chi connectivity index (χ4v) is 10.2. The summed E-state index contributed by atoms with van der Waals surface area (Å²) >= 11 is 0. The molecule has 1 aliphatic rings. The third-order valence-corrected chi connectivity index (χ3v) is 13.9. The van der Waals surface area contributed by atoms with Crippen LogP contribution in [-0.4, -0.2) is 69.5 Å². The topological polar surface area (TPSA) is 124 Å². The summed E-state index contributed by atoms with van der Waals surface area (Å²) in [6, 6.07) is 20.0. The molecule has 0 aliphatic carbocycles. The van der Waals surface area contributed by atoms with Gasteiger partial charge in [-0.2, -0.15) is 0 Å². The first-order valence-corrected chi connectivity index (χ1v) is 20.3. The van der Waals surface area contributed by atoms with Crippen LogP contribution < -0.4 is 10.4 Å². The molecule has 1 heterocycles. The molecule has 0 saturated carbocycles. The minimum Gasteiger partial charge on any atom is -0.455 e. The number of carbonyl (C=O) groups is 4. The second-order valence-corrected chi connectivity index (χ2v) is 23.3. The summed E-state index contributed by atoms with van der Waals surface area (Å²) in [6.07, 6.45) is -6.99. The molecule has 1 saturated heterocycles. The van der Waals surface area contributed by atoms with E-state index in [1.807, 2.05) is 60.7 Å². The zero-order chi connectivity index (χ0) is 40.4. The Kier molecular flexibility index (Phi) is 13.3. The highest BCUT2D eigenvalue weighted by atomic mass is 28.4. The molecule has 0 N–H and O–H groups in total. The van der Waals surface area contributed by atoms with Gasteiger partial charge in [0, 0.05) is 0 Å². The highest BCUT2D eigenvalue weighted by molar-refractivity contribution is 6.99.